The smallest absolute Gasteiger partial charge is 0.116 e. The molecule has 3 heteroatoms. The largest absolute Gasteiger partial charge is 0.300 e. The van der Waals surface area contributed by atoms with Crippen molar-refractivity contribution in [2.75, 3.05) is 13.6 Å². The minimum Gasteiger partial charge on any atom is -0.300 e. The summed E-state index contributed by atoms with van der Waals surface area (Å²) in [4.78, 5) is 10.9. The van der Waals surface area contributed by atoms with Crippen LogP contribution in [-0.2, 0) is 13.0 Å². The first kappa shape index (κ1) is 9.34. The van der Waals surface area contributed by atoms with Gasteiger partial charge >= 0.3 is 0 Å². The molecule has 1 aromatic rings. The quantitative estimate of drug-likeness (QED) is 0.670. The standard InChI is InChI=1S/C11H15N3/c1-8(2)11-9-4-5-14(3)6-10(9)12-7-13-11/h7H,1,4-6H2,2-3H3. The highest BCUT2D eigenvalue weighted by Gasteiger charge is 2.18. The van der Waals surface area contributed by atoms with Gasteiger partial charge in [-0.05, 0) is 26.0 Å². The lowest BCUT2D eigenvalue weighted by Gasteiger charge is -2.25. The van der Waals surface area contributed by atoms with Crippen molar-refractivity contribution in [3.63, 3.8) is 0 Å². The number of nitrogens with zero attached hydrogens (tertiary/aromatic N) is 3. The first-order valence-corrected chi connectivity index (χ1v) is 4.85. The van der Waals surface area contributed by atoms with E-state index in [9.17, 15) is 0 Å². The van der Waals surface area contributed by atoms with E-state index in [0.29, 0.717) is 0 Å². The molecule has 3 nitrogen and oxygen atoms in total. The molecule has 0 aromatic carbocycles. The third kappa shape index (κ3) is 1.55. The first-order valence-electron chi connectivity index (χ1n) is 4.85. The van der Waals surface area contributed by atoms with Crippen molar-refractivity contribution < 1.29 is 0 Å². The Bertz CT molecular complexity index is 371. The van der Waals surface area contributed by atoms with Crippen LogP contribution in [0.15, 0.2) is 12.9 Å². The van der Waals surface area contributed by atoms with Gasteiger partial charge in [0.2, 0.25) is 0 Å². The van der Waals surface area contributed by atoms with E-state index in [0.717, 1.165) is 36.5 Å². The van der Waals surface area contributed by atoms with Gasteiger partial charge in [-0.3, -0.25) is 0 Å². The maximum absolute atomic E-state index is 4.32. The van der Waals surface area contributed by atoms with Crippen molar-refractivity contribution in [3.8, 4) is 0 Å². The normalized spacial score (nSPS) is 16.4. The third-order valence-electron chi connectivity index (χ3n) is 2.60. The highest BCUT2D eigenvalue weighted by Crippen LogP contribution is 2.21. The Kier molecular flexibility index (Phi) is 2.33. The minimum absolute atomic E-state index is 0.929. The zero-order chi connectivity index (χ0) is 10.1. The van der Waals surface area contributed by atoms with E-state index < -0.39 is 0 Å². The molecule has 2 heterocycles. The lowest BCUT2D eigenvalue weighted by Crippen LogP contribution is -2.28. The highest BCUT2D eigenvalue weighted by molar-refractivity contribution is 5.61. The molecule has 2 rings (SSSR count). The third-order valence-corrected chi connectivity index (χ3v) is 2.60. The number of aromatic nitrogens is 2. The Labute approximate surface area is 84.5 Å². The molecular formula is C11H15N3. The SMILES string of the molecule is C=C(C)c1ncnc2c1CCN(C)C2. The van der Waals surface area contributed by atoms with E-state index in [2.05, 4.69) is 28.5 Å². The van der Waals surface area contributed by atoms with E-state index >= 15 is 0 Å². The lowest BCUT2D eigenvalue weighted by atomic mass is 10.0. The van der Waals surface area contributed by atoms with Crippen molar-refractivity contribution >= 4 is 5.57 Å². The van der Waals surface area contributed by atoms with E-state index in [-0.39, 0.29) is 0 Å². The first-order chi connectivity index (χ1) is 6.68. The number of likely N-dealkylation sites (N-methyl/N-ethyl adjacent to an activating group) is 1. The summed E-state index contributed by atoms with van der Waals surface area (Å²) in [5.41, 5.74) is 4.53. The predicted octanol–water partition coefficient (Wildman–Crippen LogP) is 1.50. The van der Waals surface area contributed by atoms with Crippen LogP contribution in [0.25, 0.3) is 5.57 Å². The molecule has 0 N–H and O–H groups in total. The van der Waals surface area contributed by atoms with E-state index in [1.807, 2.05) is 6.92 Å². The van der Waals surface area contributed by atoms with Crippen LogP contribution in [0, 0.1) is 0 Å². The summed E-state index contributed by atoms with van der Waals surface area (Å²) >= 11 is 0. The van der Waals surface area contributed by atoms with Crippen molar-refractivity contribution in [1.82, 2.24) is 14.9 Å². The summed E-state index contributed by atoms with van der Waals surface area (Å²) in [6, 6.07) is 0. The second-order valence-electron chi connectivity index (χ2n) is 3.92. The molecule has 74 valence electrons. The lowest BCUT2D eigenvalue weighted by molar-refractivity contribution is 0.306. The van der Waals surface area contributed by atoms with Crippen molar-refractivity contribution in [3.05, 3.63) is 29.9 Å². The molecule has 0 spiro atoms. The van der Waals surface area contributed by atoms with Crippen LogP contribution in [0.2, 0.25) is 0 Å². The van der Waals surface area contributed by atoms with Crippen LogP contribution in [0.5, 0.6) is 0 Å². The molecule has 0 aliphatic carbocycles. The number of allylic oxidation sites excluding steroid dienone is 1. The van der Waals surface area contributed by atoms with Crippen molar-refractivity contribution in [2.24, 2.45) is 0 Å². The molecule has 0 radical (unpaired) electrons. The molecule has 1 aromatic heterocycles. The van der Waals surface area contributed by atoms with Gasteiger partial charge in [0.05, 0.1) is 11.4 Å². The van der Waals surface area contributed by atoms with E-state index in [4.69, 9.17) is 0 Å². The predicted molar refractivity (Wildman–Crippen MR) is 56.8 cm³/mol. The van der Waals surface area contributed by atoms with Gasteiger partial charge in [-0.15, -0.1) is 0 Å². The fourth-order valence-electron chi connectivity index (χ4n) is 1.85. The summed E-state index contributed by atoms with van der Waals surface area (Å²) in [7, 11) is 2.12. The van der Waals surface area contributed by atoms with Crippen LogP contribution >= 0.6 is 0 Å². The van der Waals surface area contributed by atoms with Gasteiger partial charge in [0.25, 0.3) is 0 Å². The molecule has 1 aliphatic rings. The fraction of sp³-hybridized carbons (Fsp3) is 0.455. The Morgan fingerprint density at radius 3 is 3.00 bits per heavy atom. The van der Waals surface area contributed by atoms with Crippen LogP contribution in [0.1, 0.15) is 23.9 Å². The van der Waals surface area contributed by atoms with Crippen LogP contribution in [0.4, 0.5) is 0 Å². The maximum Gasteiger partial charge on any atom is 0.116 e. The van der Waals surface area contributed by atoms with Gasteiger partial charge in [0.1, 0.15) is 6.33 Å². The maximum atomic E-state index is 4.32. The summed E-state index contributed by atoms with van der Waals surface area (Å²) in [5.74, 6) is 0. The zero-order valence-corrected chi connectivity index (χ0v) is 8.75. The molecule has 0 unspecified atom stereocenters. The van der Waals surface area contributed by atoms with Gasteiger partial charge in [0, 0.05) is 18.7 Å². The Balaban J connectivity index is 2.46. The molecule has 0 amide bonds. The Hall–Kier alpha value is -1.22. The molecule has 0 bridgehead atoms. The monoisotopic (exact) mass is 189 g/mol. The number of hydrogen-bond donors (Lipinski definition) is 0. The van der Waals surface area contributed by atoms with Gasteiger partial charge in [-0.1, -0.05) is 6.58 Å². The van der Waals surface area contributed by atoms with E-state index in [1.54, 1.807) is 6.33 Å². The fourth-order valence-corrected chi connectivity index (χ4v) is 1.85. The number of rotatable bonds is 1. The number of hydrogen-bond acceptors (Lipinski definition) is 3. The second-order valence-corrected chi connectivity index (χ2v) is 3.92. The molecular weight excluding hydrogens is 174 g/mol. The van der Waals surface area contributed by atoms with Crippen LogP contribution in [0.3, 0.4) is 0 Å². The van der Waals surface area contributed by atoms with Crippen molar-refractivity contribution in [1.29, 1.82) is 0 Å². The summed E-state index contributed by atoms with van der Waals surface area (Å²) in [5, 5.41) is 0. The molecule has 1 aliphatic heterocycles. The molecule has 0 saturated heterocycles. The van der Waals surface area contributed by atoms with Crippen LogP contribution < -0.4 is 0 Å². The Morgan fingerprint density at radius 1 is 1.50 bits per heavy atom. The average Bonchev–Trinajstić information content (AvgIpc) is 2.16. The molecule has 0 saturated carbocycles. The van der Waals surface area contributed by atoms with Gasteiger partial charge < -0.3 is 4.90 Å². The van der Waals surface area contributed by atoms with Gasteiger partial charge in [-0.2, -0.15) is 0 Å². The molecule has 0 fully saturated rings. The second kappa shape index (κ2) is 3.50. The summed E-state index contributed by atoms with van der Waals surface area (Å²) in [6.45, 7) is 7.96. The van der Waals surface area contributed by atoms with Gasteiger partial charge in [0.15, 0.2) is 0 Å². The topological polar surface area (TPSA) is 29.0 Å². The van der Waals surface area contributed by atoms with Crippen molar-refractivity contribution in [2.45, 2.75) is 19.9 Å². The Morgan fingerprint density at radius 2 is 2.29 bits per heavy atom. The minimum atomic E-state index is 0.929. The molecule has 0 atom stereocenters. The highest BCUT2D eigenvalue weighted by atomic mass is 15.1. The van der Waals surface area contributed by atoms with Gasteiger partial charge in [-0.25, -0.2) is 9.97 Å². The number of fused-ring (bicyclic) bond motifs is 1. The van der Waals surface area contributed by atoms with E-state index in [1.165, 1.54) is 5.56 Å². The zero-order valence-electron chi connectivity index (χ0n) is 8.75. The molecule has 14 heavy (non-hydrogen) atoms. The van der Waals surface area contributed by atoms with Crippen LogP contribution in [-0.4, -0.2) is 28.5 Å². The summed E-state index contributed by atoms with van der Waals surface area (Å²) < 4.78 is 0. The average molecular weight is 189 g/mol. The summed E-state index contributed by atoms with van der Waals surface area (Å²) in [6.07, 6.45) is 2.68.